The number of aromatic nitrogens is 4. The number of aliphatic hydroxyl groups is 2. The third-order valence-electron chi connectivity index (χ3n) is 5.01. The molecule has 178 valence electrons. The van der Waals surface area contributed by atoms with Gasteiger partial charge in [0, 0.05) is 6.54 Å². The maximum Gasteiger partial charge on any atom is 0.226 e. The molecule has 0 aliphatic carbocycles. The summed E-state index contributed by atoms with van der Waals surface area (Å²) < 4.78 is 58.6. The first-order valence-electron chi connectivity index (χ1n) is 9.43. The molecule has 0 amide bonds. The lowest BCUT2D eigenvalue weighted by atomic mass is 10.1. The molecule has 6 N–H and O–H groups in total. The lowest BCUT2D eigenvalue weighted by Gasteiger charge is -2.16. The number of ether oxygens (including phenoxy) is 1. The van der Waals surface area contributed by atoms with E-state index in [-0.39, 0.29) is 17.0 Å². The molecule has 1 unspecified atom stereocenters. The highest BCUT2D eigenvalue weighted by Gasteiger charge is 2.44. The fraction of sp³-hybridized carbons (Fsp3) is 0.353. The van der Waals surface area contributed by atoms with Crippen molar-refractivity contribution in [2.24, 2.45) is 0 Å². The Morgan fingerprint density at radius 2 is 1.82 bits per heavy atom. The Balaban J connectivity index is 1.47. The number of hydrogen-bond donors (Lipinski definition) is 5. The average Bonchev–Trinajstić information content (AvgIpc) is 3.28. The predicted octanol–water partition coefficient (Wildman–Crippen LogP) is -1.92. The van der Waals surface area contributed by atoms with Crippen molar-refractivity contribution >= 4 is 36.8 Å². The molecule has 4 rings (SSSR count). The van der Waals surface area contributed by atoms with Crippen molar-refractivity contribution in [2.45, 2.75) is 29.4 Å². The first-order chi connectivity index (χ1) is 15.5. The van der Waals surface area contributed by atoms with E-state index in [9.17, 15) is 32.2 Å². The van der Waals surface area contributed by atoms with Crippen molar-refractivity contribution in [1.29, 1.82) is 0 Å². The van der Waals surface area contributed by atoms with Gasteiger partial charge >= 0.3 is 0 Å². The standard InChI is InChI=1S/C17H20N6O8S2/c18-15-12-16(20-6-19-15)23(7-21-12)17-14(26)13(25)10(31-17)5-22-33(29,30)8-32(27,28)11-4-2-1-3-9(11)24/h1-4,6-7,10,13-14,17,22,24-26H,5,8H2,(H2,18,19,20)/t10-,13+,14?,17-/m1/s1. The van der Waals surface area contributed by atoms with Crippen molar-refractivity contribution in [3.63, 3.8) is 0 Å². The van der Waals surface area contributed by atoms with Crippen LogP contribution in [0.4, 0.5) is 5.82 Å². The molecule has 1 aliphatic heterocycles. The summed E-state index contributed by atoms with van der Waals surface area (Å²) in [5.74, 6) is -0.480. The fourth-order valence-electron chi connectivity index (χ4n) is 3.42. The molecule has 1 aromatic carbocycles. The first kappa shape index (κ1) is 23.3. The molecule has 33 heavy (non-hydrogen) atoms. The quantitative estimate of drug-likeness (QED) is 0.240. The van der Waals surface area contributed by atoms with Crippen LogP contribution in [0.3, 0.4) is 0 Å². The summed E-state index contributed by atoms with van der Waals surface area (Å²) >= 11 is 0. The van der Waals surface area contributed by atoms with Gasteiger partial charge in [-0.3, -0.25) is 4.57 Å². The van der Waals surface area contributed by atoms with Gasteiger partial charge < -0.3 is 25.8 Å². The summed E-state index contributed by atoms with van der Waals surface area (Å²) in [7, 11) is -8.81. The highest BCUT2D eigenvalue weighted by molar-refractivity contribution is 8.07. The second kappa shape index (κ2) is 8.47. The number of phenols is 1. The summed E-state index contributed by atoms with van der Waals surface area (Å²) in [6.07, 6.45) is -2.91. The number of aromatic hydroxyl groups is 1. The molecule has 0 saturated carbocycles. The molecule has 1 aliphatic rings. The number of sulfone groups is 1. The van der Waals surface area contributed by atoms with Crippen LogP contribution in [0.25, 0.3) is 11.2 Å². The SMILES string of the molecule is Nc1ncnc2c1ncn2[C@@H]1O[C@H](CNS(=O)(=O)CS(=O)(=O)c2ccccc2O)[C@H](O)C1O. The van der Waals surface area contributed by atoms with E-state index in [2.05, 4.69) is 19.7 Å². The van der Waals surface area contributed by atoms with Crippen LogP contribution in [0, 0.1) is 0 Å². The van der Waals surface area contributed by atoms with Crippen LogP contribution >= 0.6 is 0 Å². The molecule has 0 bridgehead atoms. The summed E-state index contributed by atoms with van der Waals surface area (Å²) in [5.41, 5.74) is 6.22. The van der Waals surface area contributed by atoms with E-state index >= 15 is 0 Å². The number of imidazole rings is 1. The van der Waals surface area contributed by atoms with Crippen molar-refractivity contribution in [2.75, 3.05) is 17.4 Å². The number of nitrogen functional groups attached to an aromatic ring is 1. The first-order valence-corrected chi connectivity index (χ1v) is 12.7. The molecule has 1 fully saturated rings. The Labute approximate surface area is 187 Å². The molecule has 3 aromatic rings. The van der Waals surface area contributed by atoms with Crippen LogP contribution in [-0.2, 0) is 24.6 Å². The molecule has 3 heterocycles. The van der Waals surface area contributed by atoms with E-state index < -0.39 is 66.7 Å². The lowest BCUT2D eigenvalue weighted by molar-refractivity contribution is -0.0330. The number of nitrogens with zero attached hydrogens (tertiary/aromatic N) is 4. The number of para-hydroxylation sites is 1. The minimum absolute atomic E-state index is 0.0988. The predicted molar refractivity (Wildman–Crippen MR) is 113 cm³/mol. The number of hydrogen-bond acceptors (Lipinski definition) is 12. The zero-order valence-electron chi connectivity index (χ0n) is 16.8. The van der Waals surface area contributed by atoms with Crippen molar-refractivity contribution in [3.05, 3.63) is 36.9 Å². The highest BCUT2D eigenvalue weighted by Crippen LogP contribution is 2.32. The van der Waals surface area contributed by atoms with Crippen LogP contribution < -0.4 is 10.5 Å². The Morgan fingerprint density at radius 3 is 2.55 bits per heavy atom. The van der Waals surface area contributed by atoms with Gasteiger partial charge in [0.2, 0.25) is 10.0 Å². The Kier molecular flexibility index (Phi) is 5.97. The molecular formula is C17H20N6O8S2. The minimum Gasteiger partial charge on any atom is -0.507 e. The summed E-state index contributed by atoms with van der Waals surface area (Å²) in [5, 5.41) is 29.2. The number of phenolic OH excluding ortho intramolecular Hbond substituents is 1. The number of anilines is 1. The smallest absolute Gasteiger partial charge is 0.226 e. The molecule has 0 radical (unpaired) electrons. The van der Waals surface area contributed by atoms with Gasteiger partial charge in [-0.15, -0.1) is 0 Å². The highest BCUT2D eigenvalue weighted by atomic mass is 32.3. The van der Waals surface area contributed by atoms with Gasteiger partial charge in [0.05, 0.1) is 6.33 Å². The Hall–Kier alpha value is -2.89. The molecule has 2 aromatic heterocycles. The fourth-order valence-corrected chi connectivity index (χ4v) is 6.99. The summed E-state index contributed by atoms with van der Waals surface area (Å²) in [4.78, 5) is 11.4. The largest absolute Gasteiger partial charge is 0.507 e. The van der Waals surface area contributed by atoms with E-state index in [4.69, 9.17) is 10.5 Å². The lowest BCUT2D eigenvalue weighted by Crippen LogP contribution is -2.41. The number of nitrogens with one attached hydrogen (secondary N) is 1. The van der Waals surface area contributed by atoms with Gasteiger partial charge in [-0.25, -0.2) is 36.5 Å². The Morgan fingerprint density at radius 1 is 1.09 bits per heavy atom. The van der Waals surface area contributed by atoms with Gasteiger partial charge in [0.15, 0.2) is 32.6 Å². The van der Waals surface area contributed by atoms with Gasteiger partial charge in [0.1, 0.15) is 40.8 Å². The van der Waals surface area contributed by atoms with Crippen LogP contribution in [0.15, 0.2) is 41.8 Å². The summed E-state index contributed by atoms with van der Waals surface area (Å²) in [6, 6.07) is 4.94. The normalized spacial score (nSPS) is 23.8. The van der Waals surface area contributed by atoms with Gasteiger partial charge in [-0.2, -0.15) is 0 Å². The van der Waals surface area contributed by atoms with Crippen LogP contribution in [-0.4, -0.2) is 81.6 Å². The molecule has 16 heteroatoms. The van der Waals surface area contributed by atoms with Crippen LogP contribution in [0.5, 0.6) is 5.75 Å². The van der Waals surface area contributed by atoms with Gasteiger partial charge in [0.25, 0.3) is 0 Å². The van der Waals surface area contributed by atoms with E-state index in [0.29, 0.717) is 0 Å². The molecule has 1 saturated heterocycles. The van der Waals surface area contributed by atoms with Gasteiger partial charge in [-0.1, -0.05) is 12.1 Å². The zero-order valence-corrected chi connectivity index (χ0v) is 18.4. The second-order valence-electron chi connectivity index (χ2n) is 7.29. The minimum atomic E-state index is -4.42. The van der Waals surface area contributed by atoms with Crippen LogP contribution in [0.1, 0.15) is 6.23 Å². The number of rotatable bonds is 7. The van der Waals surface area contributed by atoms with Gasteiger partial charge in [-0.05, 0) is 12.1 Å². The van der Waals surface area contributed by atoms with E-state index in [1.165, 1.54) is 29.4 Å². The van der Waals surface area contributed by atoms with Crippen molar-refractivity contribution in [1.82, 2.24) is 24.2 Å². The van der Waals surface area contributed by atoms with Crippen LogP contribution in [0.2, 0.25) is 0 Å². The van der Waals surface area contributed by atoms with E-state index in [1.807, 2.05) is 0 Å². The third kappa shape index (κ3) is 4.48. The summed E-state index contributed by atoms with van der Waals surface area (Å²) in [6.45, 7) is -0.531. The zero-order chi connectivity index (χ0) is 24.0. The number of fused-ring (bicyclic) bond motifs is 1. The molecule has 4 atom stereocenters. The number of benzene rings is 1. The maximum absolute atomic E-state index is 12.4. The van der Waals surface area contributed by atoms with Crippen molar-refractivity contribution < 1.29 is 36.9 Å². The van der Waals surface area contributed by atoms with E-state index in [1.54, 1.807) is 0 Å². The topological polar surface area (TPSA) is 220 Å². The number of aliphatic hydroxyl groups excluding tert-OH is 2. The number of nitrogens with two attached hydrogens (primary N) is 1. The molecule has 14 nitrogen and oxygen atoms in total. The molecular weight excluding hydrogens is 480 g/mol. The Bertz CT molecular complexity index is 1390. The average molecular weight is 501 g/mol. The third-order valence-corrected chi connectivity index (χ3v) is 9.12. The molecule has 0 spiro atoms. The monoisotopic (exact) mass is 500 g/mol. The second-order valence-corrected chi connectivity index (χ2v) is 11.4. The number of sulfonamides is 1. The van der Waals surface area contributed by atoms with Crippen molar-refractivity contribution in [3.8, 4) is 5.75 Å². The maximum atomic E-state index is 12.4. The van der Waals surface area contributed by atoms with E-state index in [0.717, 1.165) is 12.1 Å².